The third-order valence-electron chi connectivity index (χ3n) is 4.82. The minimum Gasteiger partial charge on any atom is -0.486 e. The third-order valence-corrected chi connectivity index (χ3v) is 5.62. The smallest absolute Gasteiger partial charge is 0.266 e. The molecule has 0 atom stereocenters. The summed E-state index contributed by atoms with van der Waals surface area (Å²) in [6.45, 7) is 4.09. The number of carbonyl (C=O) groups is 1. The largest absolute Gasteiger partial charge is 0.486 e. The molecule has 0 radical (unpaired) electrons. The predicted octanol–water partition coefficient (Wildman–Crippen LogP) is 7.39. The molecule has 0 aliphatic heterocycles. The molecule has 0 saturated carbocycles. The number of hydrogen-bond acceptors (Lipinski definition) is 3. The molecule has 1 amide bonds. The van der Waals surface area contributed by atoms with Crippen LogP contribution in [0.2, 0.25) is 15.1 Å². The maximum Gasteiger partial charge on any atom is 0.266 e. The number of hydrogen-bond donors (Lipinski definition) is 1. The van der Waals surface area contributed by atoms with Crippen molar-refractivity contribution in [2.45, 2.75) is 20.5 Å². The number of carbonyl (C=O) groups excluding carboxylic acids is 1. The van der Waals surface area contributed by atoms with Gasteiger partial charge in [0.15, 0.2) is 5.75 Å². The Bertz CT molecular complexity index is 1220. The van der Waals surface area contributed by atoms with Crippen molar-refractivity contribution in [2.75, 3.05) is 5.32 Å². The fraction of sp³-hybridized carbons (Fsp3) is 0.120. The molecule has 0 heterocycles. The van der Waals surface area contributed by atoms with Gasteiger partial charge in [-0.05, 0) is 72.5 Å². The summed E-state index contributed by atoms with van der Waals surface area (Å²) in [6, 6.07) is 17.9. The molecule has 0 bridgehead atoms. The number of nitrogens with one attached hydrogen (secondary N) is 1. The highest BCUT2D eigenvalue weighted by Crippen LogP contribution is 2.35. The lowest BCUT2D eigenvalue weighted by Gasteiger charge is -2.12. The van der Waals surface area contributed by atoms with E-state index in [-0.39, 0.29) is 22.2 Å². The van der Waals surface area contributed by atoms with Crippen LogP contribution < -0.4 is 10.1 Å². The number of ether oxygens (including phenoxy) is 1. The predicted molar refractivity (Wildman–Crippen MR) is 130 cm³/mol. The zero-order valence-electron chi connectivity index (χ0n) is 17.4. The van der Waals surface area contributed by atoms with Crippen molar-refractivity contribution in [3.8, 4) is 11.8 Å². The first-order valence-electron chi connectivity index (χ1n) is 9.64. The molecule has 0 aromatic heterocycles. The monoisotopic (exact) mass is 484 g/mol. The summed E-state index contributed by atoms with van der Waals surface area (Å²) in [5.74, 6) is -0.210. The van der Waals surface area contributed by atoms with Gasteiger partial charge in [0, 0.05) is 10.7 Å². The van der Waals surface area contributed by atoms with Crippen LogP contribution in [0.4, 0.5) is 5.69 Å². The molecule has 162 valence electrons. The van der Waals surface area contributed by atoms with Crippen LogP contribution in [0.1, 0.15) is 22.3 Å². The Hall–Kier alpha value is -2.97. The molecular formula is C25H19Cl3N2O2. The summed E-state index contributed by atoms with van der Waals surface area (Å²) in [5, 5.41) is 13.4. The van der Waals surface area contributed by atoms with E-state index in [4.69, 9.17) is 39.5 Å². The number of halogens is 3. The van der Waals surface area contributed by atoms with Crippen molar-refractivity contribution in [2.24, 2.45) is 0 Å². The van der Waals surface area contributed by atoms with Gasteiger partial charge in [-0.3, -0.25) is 4.79 Å². The highest BCUT2D eigenvalue weighted by atomic mass is 35.5. The van der Waals surface area contributed by atoms with E-state index in [1.54, 1.807) is 30.3 Å². The lowest BCUT2D eigenvalue weighted by atomic mass is 10.1. The lowest BCUT2D eigenvalue weighted by Crippen LogP contribution is -2.14. The van der Waals surface area contributed by atoms with Crippen molar-refractivity contribution >= 4 is 52.5 Å². The molecule has 3 rings (SSSR count). The van der Waals surface area contributed by atoms with Gasteiger partial charge in [0.1, 0.15) is 18.2 Å². The normalized spacial score (nSPS) is 11.1. The molecule has 0 aliphatic rings. The van der Waals surface area contributed by atoms with Crippen LogP contribution >= 0.6 is 34.8 Å². The lowest BCUT2D eigenvalue weighted by molar-refractivity contribution is -0.112. The number of anilines is 1. The van der Waals surface area contributed by atoms with Crippen LogP contribution in [0.3, 0.4) is 0 Å². The fourth-order valence-corrected chi connectivity index (χ4v) is 3.80. The summed E-state index contributed by atoms with van der Waals surface area (Å²) >= 11 is 18.7. The quantitative estimate of drug-likeness (QED) is 0.292. The fourth-order valence-electron chi connectivity index (χ4n) is 2.97. The first kappa shape index (κ1) is 23.7. The summed E-state index contributed by atoms with van der Waals surface area (Å²) < 4.78 is 5.76. The van der Waals surface area contributed by atoms with Crippen LogP contribution in [0.25, 0.3) is 6.08 Å². The van der Waals surface area contributed by atoms with Gasteiger partial charge in [-0.25, -0.2) is 0 Å². The second-order valence-electron chi connectivity index (χ2n) is 7.10. The van der Waals surface area contributed by atoms with Gasteiger partial charge >= 0.3 is 0 Å². The molecule has 0 unspecified atom stereocenters. The molecule has 32 heavy (non-hydrogen) atoms. The molecule has 1 N–H and O–H groups in total. The molecule has 0 spiro atoms. The zero-order valence-corrected chi connectivity index (χ0v) is 19.6. The van der Waals surface area contributed by atoms with E-state index >= 15 is 0 Å². The first-order valence-corrected chi connectivity index (χ1v) is 10.8. The van der Waals surface area contributed by atoms with E-state index in [0.29, 0.717) is 22.0 Å². The molecule has 0 fully saturated rings. The number of nitriles is 1. The molecule has 0 aliphatic carbocycles. The number of rotatable bonds is 6. The average Bonchev–Trinajstić information content (AvgIpc) is 2.74. The van der Waals surface area contributed by atoms with Crippen molar-refractivity contribution in [1.29, 1.82) is 5.26 Å². The molecular weight excluding hydrogens is 467 g/mol. The van der Waals surface area contributed by atoms with Gasteiger partial charge in [-0.15, -0.1) is 0 Å². The van der Waals surface area contributed by atoms with E-state index in [0.717, 1.165) is 16.7 Å². The third kappa shape index (κ3) is 5.83. The summed E-state index contributed by atoms with van der Waals surface area (Å²) in [7, 11) is 0. The molecule has 3 aromatic carbocycles. The molecule has 7 heteroatoms. The van der Waals surface area contributed by atoms with Gasteiger partial charge in [-0.1, -0.05) is 59.1 Å². The standard InChI is InChI=1S/C25H19Cl3N2O2/c1-15-5-3-8-23(16(15)2)30-25(31)19(13-29)9-18-11-21(27)24(22(28)12-18)32-14-17-6-4-7-20(26)10-17/h3-12H,14H2,1-2H3,(H,30,31)/b19-9+. The highest BCUT2D eigenvalue weighted by molar-refractivity contribution is 6.37. The minimum absolute atomic E-state index is 0.0781. The first-order chi connectivity index (χ1) is 15.3. The molecule has 4 nitrogen and oxygen atoms in total. The highest BCUT2D eigenvalue weighted by Gasteiger charge is 2.14. The number of benzene rings is 3. The van der Waals surface area contributed by atoms with Crippen LogP contribution in [-0.2, 0) is 11.4 Å². The SMILES string of the molecule is Cc1cccc(NC(=O)/C(C#N)=C/c2cc(Cl)c(OCc3cccc(Cl)c3)c(Cl)c2)c1C. The Kier molecular flexibility index (Phi) is 7.82. The van der Waals surface area contributed by atoms with Crippen molar-refractivity contribution < 1.29 is 9.53 Å². The van der Waals surface area contributed by atoms with E-state index in [1.165, 1.54) is 6.08 Å². The number of amides is 1. The van der Waals surface area contributed by atoms with E-state index in [9.17, 15) is 10.1 Å². The van der Waals surface area contributed by atoms with Crippen LogP contribution in [0.15, 0.2) is 60.2 Å². The van der Waals surface area contributed by atoms with Gasteiger partial charge in [0.2, 0.25) is 0 Å². The average molecular weight is 486 g/mol. The summed E-state index contributed by atoms with van der Waals surface area (Å²) in [5.41, 5.74) is 3.91. The van der Waals surface area contributed by atoms with Gasteiger partial charge in [0.05, 0.1) is 10.0 Å². The Balaban J connectivity index is 1.79. The van der Waals surface area contributed by atoms with E-state index < -0.39 is 5.91 Å². The Morgan fingerprint density at radius 2 is 1.75 bits per heavy atom. The second kappa shape index (κ2) is 10.6. The van der Waals surface area contributed by atoms with Crippen LogP contribution in [-0.4, -0.2) is 5.91 Å². The molecule has 0 saturated heterocycles. The maximum atomic E-state index is 12.6. The van der Waals surface area contributed by atoms with Crippen LogP contribution in [0, 0.1) is 25.2 Å². The van der Waals surface area contributed by atoms with E-state index in [1.807, 2.05) is 44.2 Å². The number of aryl methyl sites for hydroxylation is 1. The van der Waals surface area contributed by atoms with Crippen molar-refractivity contribution in [1.82, 2.24) is 0 Å². The Morgan fingerprint density at radius 1 is 1.06 bits per heavy atom. The summed E-state index contributed by atoms with van der Waals surface area (Å²) in [4.78, 5) is 12.6. The second-order valence-corrected chi connectivity index (χ2v) is 8.35. The summed E-state index contributed by atoms with van der Waals surface area (Å²) in [6.07, 6.45) is 1.43. The van der Waals surface area contributed by atoms with Crippen molar-refractivity contribution in [3.05, 3.63) is 97.5 Å². The maximum absolute atomic E-state index is 12.6. The van der Waals surface area contributed by atoms with Gasteiger partial charge in [0.25, 0.3) is 5.91 Å². The van der Waals surface area contributed by atoms with Gasteiger partial charge in [-0.2, -0.15) is 5.26 Å². The van der Waals surface area contributed by atoms with E-state index in [2.05, 4.69) is 5.32 Å². The molecule has 3 aromatic rings. The minimum atomic E-state index is -0.519. The Labute approximate surface area is 202 Å². The zero-order chi connectivity index (χ0) is 23.3. The van der Waals surface area contributed by atoms with Crippen molar-refractivity contribution in [3.63, 3.8) is 0 Å². The number of nitrogens with zero attached hydrogens (tertiary/aromatic N) is 1. The van der Waals surface area contributed by atoms with Crippen LogP contribution in [0.5, 0.6) is 5.75 Å². The van der Waals surface area contributed by atoms with Gasteiger partial charge < -0.3 is 10.1 Å². The topological polar surface area (TPSA) is 62.1 Å². The Morgan fingerprint density at radius 3 is 2.41 bits per heavy atom.